The van der Waals surface area contributed by atoms with Crippen molar-refractivity contribution >= 4 is 33.1 Å². The fraction of sp³-hybridized carbons (Fsp3) is 0.167. The van der Waals surface area contributed by atoms with E-state index in [-0.39, 0.29) is 5.82 Å². The van der Waals surface area contributed by atoms with Crippen LogP contribution in [0.5, 0.6) is 5.88 Å². The monoisotopic (exact) mass is 326 g/mol. The number of nitrogens with zero attached hydrogens (tertiary/aromatic N) is 2. The fourth-order valence-electron chi connectivity index (χ4n) is 1.45. The zero-order valence-electron chi connectivity index (χ0n) is 10.2. The molecule has 5 nitrogen and oxygen atoms in total. The van der Waals surface area contributed by atoms with Gasteiger partial charge in [-0.05, 0) is 41.1 Å². The second kappa shape index (κ2) is 5.83. The van der Waals surface area contributed by atoms with Gasteiger partial charge in [0.05, 0.1) is 12.3 Å². The van der Waals surface area contributed by atoms with Gasteiger partial charge in [0, 0.05) is 4.47 Å². The van der Waals surface area contributed by atoms with Crippen LogP contribution in [0.4, 0.5) is 21.6 Å². The van der Waals surface area contributed by atoms with Crippen molar-refractivity contribution < 1.29 is 9.13 Å². The van der Waals surface area contributed by atoms with Gasteiger partial charge in [-0.3, -0.25) is 0 Å². The van der Waals surface area contributed by atoms with Crippen molar-refractivity contribution in [2.75, 3.05) is 17.7 Å². The number of benzene rings is 1. The van der Waals surface area contributed by atoms with Crippen molar-refractivity contribution in [3.63, 3.8) is 0 Å². The van der Waals surface area contributed by atoms with Crippen molar-refractivity contribution in [1.29, 1.82) is 0 Å². The molecule has 0 saturated heterocycles. The summed E-state index contributed by atoms with van der Waals surface area (Å²) < 4.78 is 18.9. The zero-order chi connectivity index (χ0) is 13.8. The summed E-state index contributed by atoms with van der Waals surface area (Å²) in [5, 5.41) is 3.00. The Labute approximate surface area is 118 Å². The minimum atomic E-state index is -0.330. The molecule has 1 aromatic heterocycles. The highest BCUT2D eigenvalue weighted by molar-refractivity contribution is 9.10. The number of hydrogen-bond donors (Lipinski definition) is 2. The fourth-order valence-corrected chi connectivity index (χ4v) is 1.90. The molecule has 0 bridgehead atoms. The zero-order valence-corrected chi connectivity index (χ0v) is 11.7. The molecule has 0 aliphatic rings. The second-order valence-electron chi connectivity index (χ2n) is 3.62. The number of nitrogen functional groups attached to an aromatic ring is 1. The topological polar surface area (TPSA) is 73.1 Å². The first-order valence-corrected chi connectivity index (χ1v) is 6.36. The number of ether oxygens (including phenoxy) is 1. The maximum absolute atomic E-state index is 13.0. The Morgan fingerprint density at radius 1 is 1.42 bits per heavy atom. The maximum Gasteiger partial charge on any atom is 0.242 e. The highest BCUT2D eigenvalue weighted by Gasteiger charge is 2.10. The van der Waals surface area contributed by atoms with Crippen molar-refractivity contribution in [1.82, 2.24) is 9.97 Å². The summed E-state index contributed by atoms with van der Waals surface area (Å²) in [6.07, 6.45) is 1.35. The normalized spacial score (nSPS) is 10.3. The lowest BCUT2D eigenvalue weighted by atomic mass is 10.3. The first kappa shape index (κ1) is 13.5. The summed E-state index contributed by atoms with van der Waals surface area (Å²) >= 11 is 3.26. The molecule has 0 saturated carbocycles. The highest BCUT2D eigenvalue weighted by Crippen LogP contribution is 2.31. The number of aromatic nitrogens is 2. The number of halogens is 2. The number of rotatable bonds is 4. The molecule has 0 radical (unpaired) electrons. The van der Waals surface area contributed by atoms with E-state index in [4.69, 9.17) is 10.5 Å². The van der Waals surface area contributed by atoms with Crippen LogP contribution in [0.15, 0.2) is 29.0 Å². The van der Waals surface area contributed by atoms with Crippen molar-refractivity contribution in [2.24, 2.45) is 0 Å². The number of nitrogens with one attached hydrogen (secondary N) is 1. The number of hydrogen-bond acceptors (Lipinski definition) is 5. The smallest absolute Gasteiger partial charge is 0.242 e. The Morgan fingerprint density at radius 3 is 2.89 bits per heavy atom. The largest absolute Gasteiger partial charge is 0.476 e. The third-order valence-corrected chi connectivity index (χ3v) is 2.97. The van der Waals surface area contributed by atoms with Gasteiger partial charge in [0.1, 0.15) is 17.8 Å². The third-order valence-electron chi connectivity index (χ3n) is 2.31. The van der Waals surface area contributed by atoms with Gasteiger partial charge in [-0.15, -0.1) is 0 Å². The van der Waals surface area contributed by atoms with Crippen LogP contribution in [0.25, 0.3) is 0 Å². The lowest BCUT2D eigenvalue weighted by Crippen LogP contribution is -2.05. The van der Waals surface area contributed by atoms with Gasteiger partial charge in [-0.2, -0.15) is 4.98 Å². The van der Waals surface area contributed by atoms with E-state index in [9.17, 15) is 4.39 Å². The van der Waals surface area contributed by atoms with E-state index >= 15 is 0 Å². The molecule has 100 valence electrons. The van der Waals surface area contributed by atoms with Gasteiger partial charge < -0.3 is 15.8 Å². The molecular weight excluding hydrogens is 315 g/mol. The van der Waals surface area contributed by atoms with E-state index in [0.29, 0.717) is 34.2 Å². The van der Waals surface area contributed by atoms with E-state index < -0.39 is 0 Å². The van der Waals surface area contributed by atoms with Crippen molar-refractivity contribution in [2.45, 2.75) is 6.92 Å². The Morgan fingerprint density at radius 2 is 2.21 bits per heavy atom. The van der Waals surface area contributed by atoms with E-state index in [1.54, 1.807) is 6.07 Å². The predicted octanol–water partition coefficient (Wildman–Crippen LogP) is 3.10. The molecule has 7 heteroatoms. The lowest BCUT2D eigenvalue weighted by molar-refractivity contribution is 0.328. The van der Waals surface area contributed by atoms with E-state index in [1.165, 1.54) is 18.5 Å². The minimum absolute atomic E-state index is 0.306. The van der Waals surface area contributed by atoms with Crippen LogP contribution in [-0.4, -0.2) is 16.6 Å². The molecule has 3 N–H and O–H groups in total. The standard InChI is InChI=1S/C12H12BrFN4O/c1-2-19-12-10(15)11(16-6-17-12)18-9-4-3-7(14)5-8(9)13/h3-6H,2,15H2,1H3,(H,16,17,18). The van der Waals surface area contributed by atoms with E-state index in [0.717, 1.165) is 0 Å². The van der Waals surface area contributed by atoms with Crippen LogP contribution in [0.1, 0.15) is 6.92 Å². The molecule has 0 amide bonds. The summed E-state index contributed by atoms with van der Waals surface area (Å²) in [5.41, 5.74) is 6.85. The summed E-state index contributed by atoms with van der Waals surface area (Å²) in [7, 11) is 0. The summed E-state index contributed by atoms with van der Waals surface area (Å²) in [4.78, 5) is 7.97. The Balaban J connectivity index is 2.30. The van der Waals surface area contributed by atoms with Crippen LogP contribution in [-0.2, 0) is 0 Å². The first-order chi connectivity index (χ1) is 9.11. The van der Waals surface area contributed by atoms with E-state index in [1.807, 2.05) is 6.92 Å². The van der Waals surface area contributed by atoms with Crippen molar-refractivity contribution in [3.8, 4) is 5.88 Å². The second-order valence-corrected chi connectivity index (χ2v) is 4.48. The Hall–Kier alpha value is -1.89. The summed E-state index contributed by atoms with van der Waals surface area (Å²) in [6.45, 7) is 2.30. The van der Waals surface area contributed by atoms with Crippen LogP contribution in [0.2, 0.25) is 0 Å². The lowest BCUT2D eigenvalue weighted by Gasteiger charge is -2.12. The van der Waals surface area contributed by atoms with Crippen LogP contribution < -0.4 is 15.8 Å². The molecule has 0 atom stereocenters. The molecule has 2 rings (SSSR count). The molecular formula is C12H12BrFN4O. The van der Waals surface area contributed by atoms with Gasteiger partial charge in [-0.25, -0.2) is 9.37 Å². The SMILES string of the molecule is CCOc1ncnc(Nc2ccc(F)cc2Br)c1N. The summed E-state index contributed by atoms with van der Waals surface area (Å²) in [5.74, 6) is 0.395. The van der Waals surface area contributed by atoms with Gasteiger partial charge in [0.25, 0.3) is 0 Å². The quantitative estimate of drug-likeness (QED) is 0.903. The molecule has 1 heterocycles. The first-order valence-electron chi connectivity index (χ1n) is 5.57. The minimum Gasteiger partial charge on any atom is -0.476 e. The molecule has 0 unspecified atom stereocenters. The molecule has 0 fully saturated rings. The molecule has 0 aliphatic heterocycles. The maximum atomic E-state index is 13.0. The Kier molecular flexibility index (Phi) is 4.16. The van der Waals surface area contributed by atoms with Crippen LogP contribution in [0, 0.1) is 5.82 Å². The van der Waals surface area contributed by atoms with Gasteiger partial charge in [-0.1, -0.05) is 0 Å². The predicted molar refractivity (Wildman–Crippen MR) is 75.0 cm³/mol. The van der Waals surface area contributed by atoms with Crippen LogP contribution >= 0.6 is 15.9 Å². The van der Waals surface area contributed by atoms with Gasteiger partial charge >= 0.3 is 0 Å². The number of nitrogens with two attached hydrogens (primary N) is 1. The average molecular weight is 327 g/mol. The molecule has 2 aromatic rings. The van der Waals surface area contributed by atoms with Crippen molar-refractivity contribution in [3.05, 3.63) is 34.8 Å². The Bertz CT molecular complexity index is 594. The highest BCUT2D eigenvalue weighted by atomic mass is 79.9. The molecule has 19 heavy (non-hydrogen) atoms. The average Bonchev–Trinajstić information content (AvgIpc) is 2.37. The van der Waals surface area contributed by atoms with Crippen LogP contribution in [0.3, 0.4) is 0 Å². The number of anilines is 3. The van der Waals surface area contributed by atoms with E-state index in [2.05, 4.69) is 31.2 Å². The summed E-state index contributed by atoms with van der Waals surface area (Å²) in [6, 6.07) is 4.28. The molecule has 1 aromatic carbocycles. The molecule has 0 spiro atoms. The van der Waals surface area contributed by atoms with Gasteiger partial charge in [0.15, 0.2) is 5.82 Å². The molecule has 0 aliphatic carbocycles. The third kappa shape index (κ3) is 3.11. The van der Waals surface area contributed by atoms with Gasteiger partial charge in [0.2, 0.25) is 5.88 Å².